The molecule has 0 saturated carbocycles. The van der Waals surface area contributed by atoms with E-state index in [4.69, 9.17) is 14.2 Å². The van der Waals surface area contributed by atoms with Crippen molar-refractivity contribution in [1.82, 2.24) is 4.98 Å². The number of ether oxygens (including phenoxy) is 3. The van der Waals surface area contributed by atoms with Gasteiger partial charge in [-0.15, -0.1) is 0 Å². The first-order chi connectivity index (χ1) is 14.1. The zero-order chi connectivity index (χ0) is 20.4. The average Bonchev–Trinajstić information content (AvgIpc) is 3.07. The summed E-state index contributed by atoms with van der Waals surface area (Å²) in [7, 11) is 4.74. The van der Waals surface area contributed by atoms with Gasteiger partial charge in [0.05, 0.1) is 33.4 Å². The highest BCUT2D eigenvalue weighted by molar-refractivity contribution is 6.29. The van der Waals surface area contributed by atoms with Crippen LogP contribution in [0.4, 0.5) is 0 Å². The fourth-order valence-corrected chi connectivity index (χ4v) is 3.54. The number of aromatic nitrogens is 1. The highest BCUT2D eigenvalue weighted by atomic mass is 16.5. The molecule has 0 bridgehead atoms. The summed E-state index contributed by atoms with van der Waals surface area (Å²) in [4.78, 5) is 17.2. The number of allylic oxidation sites excluding steroid dienone is 1. The first kappa shape index (κ1) is 18.7. The Labute approximate surface area is 169 Å². The Bertz CT molecular complexity index is 1080. The summed E-state index contributed by atoms with van der Waals surface area (Å²) < 4.78 is 16.3. The summed E-state index contributed by atoms with van der Waals surface area (Å²) in [5.74, 6) is 1.75. The zero-order valence-corrected chi connectivity index (χ0v) is 16.6. The summed E-state index contributed by atoms with van der Waals surface area (Å²) in [6, 6.07) is 15.6. The van der Waals surface area contributed by atoms with Crippen molar-refractivity contribution in [1.29, 1.82) is 0 Å². The third kappa shape index (κ3) is 3.47. The van der Waals surface area contributed by atoms with Crippen molar-refractivity contribution in [3.8, 4) is 28.4 Å². The molecular formula is C24H21NO4. The van der Waals surface area contributed by atoms with E-state index >= 15 is 0 Å². The molecule has 4 rings (SSSR count). The summed E-state index contributed by atoms with van der Waals surface area (Å²) >= 11 is 0. The summed E-state index contributed by atoms with van der Waals surface area (Å²) in [6.07, 6.45) is 4.02. The number of rotatable bonds is 5. The minimum absolute atomic E-state index is 0.0818. The van der Waals surface area contributed by atoms with Gasteiger partial charge in [-0.1, -0.05) is 30.3 Å². The molecule has 5 heteroatoms. The second-order valence-electron chi connectivity index (χ2n) is 6.70. The molecular weight excluding hydrogens is 366 g/mol. The first-order valence-electron chi connectivity index (χ1n) is 9.24. The number of carbonyl (C=O) groups is 1. The SMILES string of the molecule is COc1cc(-c2cnc3c(c2)C(=Cc2ccccc2)C(=O)C3)cc(OC)c1OC. The van der Waals surface area contributed by atoms with E-state index < -0.39 is 0 Å². The van der Waals surface area contributed by atoms with Crippen LogP contribution in [-0.4, -0.2) is 32.1 Å². The quantitative estimate of drug-likeness (QED) is 0.606. The van der Waals surface area contributed by atoms with Crippen molar-refractivity contribution in [2.24, 2.45) is 0 Å². The molecule has 1 aromatic heterocycles. The Kier molecular flexibility index (Phi) is 5.04. The van der Waals surface area contributed by atoms with Crippen LogP contribution in [-0.2, 0) is 11.2 Å². The molecule has 0 unspecified atom stereocenters. The lowest BCUT2D eigenvalue weighted by Crippen LogP contribution is -1.96. The molecule has 0 N–H and O–H groups in total. The van der Waals surface area contributed by atoms with Crippen LogP contribution in [0.25, 0.3) is 22.8 Å². The molecule has 146 valence electrons. The van der Waals surface area contributed by atoms with Crippen molar-refractivity contribution in [2.75, 3.05) is 21.3 Å². The summed E-state index contributed by atoms with van der Waals surface area (Å²) in [5, 5.41) is 0. The van der Waals surface area contributed by atoms with E-state index in [0.29, 0.717) is 29.2 Å². The predicted octanol–water partition coefficient (Wildman–Crippen LogP) is 4.44. The lowest BCUT2D eigenvalue weighted by molar-refractivity contribution is -0.112. The van der Waals surface area contributed by atoms with Gasteiger partial charge in [0, 0.05) is 22.9 Å². The Morgan fingerprint density at radius 1 is 0.897 bits per heavy atom. The number of pyridine rings is 1. The fraction of sp³-hybridized carbons (Fsp3) is 0.167. The molecule has 3 aromatic rings. The third-order valence-electron chi connectivity index (χ3n) is 5.00. The molecule has 0 atom stereocenters. The van der Waals surface area contributed by atoms with Crippen molar-refractivity contribution < 1.29 is 19.0 Å². The molecule has 0 saturated heterocycles. The van der Waals surface area contributed by atoms with E-state index in [-0.39, 0.29) is 5.78 Å². The van der Waals surface area contributed by atoms with E-state index in [0.717, 1.165) is 27.9 Å². The van der Waals surface area contributed by atoms with E-state index in [1.165, 1.54) is 0 Å². The summed E-state index contributed by atoms with van der Waals surface area (Å²) in [6.45, 7) is 0. The van der Waals surface area contributed by atoms with Gasteiger partial charge in [-0.25, -0.2) is 0 Å². The Morgan fingerprint density at radius 3 is 2.21 bits per heavy atom. The molecule has 29 heavy (non-hydrogen) atoms. The van der Waals surface area contributed by atoms with Crippen LogP contribution in [0.2, 0.25) is 0 Å². The number of carbonyl (C=O) groups excluding carboxylic acids is 1. The maximum Gasteiger partial charge on any atom is 0.203 e. The topological polar surface area (TPSA) is 57.7 Å². The van der Waals surface area contributed by atoms with E-state index in [1.54, 1.807) is 27.5 Å². The second-order valence-corrected chi connectivity index (χ2v) is 6.70. The standard InChI is InChI=1S/C24H21NO4/c1-27-22-11-16(12-23(28-2)24(22)29-3)17-10-18-19(9-15-7-5-4-6-8-15)21(26)13-20(18)25-14-17/h4-12,14H,13H2,1-3H3. The molecule has 1 aliphatic rings. The van der Waals surface area contributed by atoms with Crippen LogP contribution in [0.3, 0.4) is 0 Å². The average molecular weight is 387 g/mol. The maximum atomic E-state index is 12.6. The Balaban J connectivity index is 1.82. The van der Waals surface area contributed by atoms with Crippen LogP contribution in [0.5, 0.6) is 17.2 Å². The number of benzene rings is 2. The number of nitrogens with zero attached hydrogens (tertiary/aromatic N) is 1. The lowest BCUT2D eigenvalue weighted by Gasteiger charge is -2.14. The van der Waals surface area contributed by atoms with Gasteiger partial charge in [-0.05, 0) is 35.4 Å². The van der Waals surface area contributed by atoms with Gasteiger partial charge in [-0.3, -0.25) is 9.78 Å². The van der Waals surface area contributed by atoms with Crippen molar-refractivity contribution in [3.63, 3.8) is 0 Å². The molecule has 1 aliphatic carbocycles. The van der Waals surface area contributed by atoms with Gasteiger partial charge >= 0.3 is 0 Å². The number of methoxy groups -OCH3 is 3. The third-order valence-corrected chi connectivity index (χ3v) is 5.00. The molecule has 2 aromatic carbocycles. The minimum Gasteiger partial charge on any atom is -0.493 e. The number of Topliss-reactive ketones (excluding diaryl/α,β-unsaturated/α-hetero) is 1. The monoisotopic (exact) mass is 387 g/mol. The van der Waals surface area contributed by atoms with E-state index in [1.807, 2.05) is 54.6 Å². The molecule has 1 heterocycles. The number of fused-ring (bicyclic) bond motifs is 1. The van der Waals surface area contributed by atoms with Crippen LogP contribution >= 0.6 is 0 Å². The minimum atomic E-state index is 0.0818. The molecule has 0 amide bonds. The smallest absolute Gasteiger partial charge is 0.203 e. The fourth-order valence-electron chi connectivity index (χ4n) is 3.54. The van der Waals surface area contributed by atoms with Gasteiger partial charge in [0.1, 0.15) is 0 Å². The van der Waals surface area contributed by atoms with Gasteiger partial charge in [0.25, 0.3) is 0 Å². The van der Waals surface area contributed by atoms with Crippen molar-refractivity contribution >= 4 is 17.4 Å². The van der Waals surface area contributed by atoms with Crippen LogP contribution < -0.4 is 14.2 Å². The first-order valence-corrected chi connectivity index (χ1v) is 9.24. The molecule has 0 radical (unpaired) electrons. The van der Waals surface area contributed by atoms with Gasteiger partial charge in [-0.2, -0.15) is 0 Å². The van der Waals surface area contributed by atoms with Crippen LogP contribution in [0.1, 0.15) is 16.8 Å². The number of hydrogen-bond donors (Lipinski definition) is 0. The highest BCUT2D eigenvalue weighted by Crippen LogP contribution is 2.42. The highest BCUT2D eigenvalue weighted by Gasteiger charge is 2.26. The largest absolute Gasteiger partial charge is 0.493 e. The van der Waals surface area contributed by atoms with Crippen molar-refractivity contribution in [2.45, 2.75) is 6.42 Å². The van der Waals surface area contributed by atoms with E-state index in [2.05, 4.69) is 4.98 Å². The normalized spacial score (nSPS) is 14.0. The van der Waals surface area contributed by atoms with E-state index in [9.17, 15) is 4.79 Å². The Hall–Kier alpha value is -3.60. The maximum absolute atomic E-state index is 12.6. The van der Waals surface area contributed by atoms with Crippen molar-refractivity contribution in [3.05, 3.63) is 71.5 Å². The lowest BCUT2D eigenvalue weighted by atomic mass is 10.0. The van der Waals surface area contributed by atoms with Crippen LogP contribution in [0, 0.1) is 0 Å². The number of hydrogen-bond acceptors (Lipinski definition) is 5. The number of ketones is 1. The van der Waals surface area contributed by atoms with Gasteiger partial charge in [0.15, 0.2) is 17.3 Å². The van der Waals surface area contributed by atoms with Crippen LogP contribution in [0.15, 0.2) is 54.7 Å². The summed E-state index contributed by atoms with van der Waals surface area (Å²) in [5.41, 5.74) is 5.08. The van der Waals surface area contributed by atoms with Gasteiger partial charge < -0.3 is 14.2 Å². The predicted molar refractivity (Wildman–Crippen MR) is 112 cm³/mol. The molecule has 0 aliphatic heterocycles. The van der Waals surface area contributed by atoms with Gasteiger partial charge in [0.2, 0.25) is 5.75 Å². The second kappa shape index (κ2) is 7.80. The molecule has 5 nitrogen and oxygen atoms in total. The zero-order valence-electron chi connectivity index (χ0n) is 16.6. The molecule has 0 spiro atoms. The molecule has 0 fully saturated rings. The Morgan fingerprint density at radius 2 is 1.59 bits per heavy atom.